The van der Waals surface area contributed by atoms with Crippen molar-refractivity contribution in [1.29, 1.82) is 0 Å². The lowest BCUT2D eigenvalue weighted by atomic mass is 10.2. The van der Waals surface area contributed by atoms with Crippen molar-refractivity contribution >= 4 is 52.1 Å². The van der Waals surface area contributed by atoms with E-state index in [1.54, 1.807) is 48.5 Å². The van der Waals surface area contributed by atoms with Gasteiger partial charge in [0.25, 0.3) is 11.8 Å². The van der Waals surface area contributed by atoms with Gasteiger partial charge in [0.05, 0.1) is 11.6 Å². The van der Waals surface area contributed by atoms with Gasteiger partial charge in [-0.1, -0.05) is 24.6 Å². The molecule has 33 heavy (non-hydrogen) atoms. The van der Waals surface area contributed by atoms with E-state index in [-0.39, 0.29) is 16.0 Å². The second kappa shape index (κ2) is 11.4. The van der Waals surface area contributed by atoms with E-state index in [1.807, 2.05) is 6.92 Å². The van der Waals surface area contributed by atoms with Gasteiger partial charge in [0.1, 0.15) is 11.6 Å². The van der Waals surface area contributed by atoms with E-state index >= 15 is 0 Å². The van der Waals surface area contributed by atoms with E-state index in [9.17, 15) is 14.0 Å². The summed E-state index contributed by atoms with van der Waals surface area (Å²) >= 11 is 11.0. The number of benzene rings is 3. The van der Waals surface area contributed by atoms with Crippen LogP contribution in [0.15, 0.2) is 66.7 Å². The van der Waals surface area contributed by atoms with E-state index in [4.69, 9.17) is 28.6 Å². The Balaban J connectivity index is 1.58. The van der Waals surface area contributed by atoms with Crippen LogP contribution >= 0.6 is 23.8 Å². The predicted octanol–water partition coefficient (Wildman–Crippen LogP) is 5.65. The Bertz CT molecular complexity index is 1170. The Kier molecular flexibility index (Phi) is 8.34. The number of ether oxygens (including phenoxy) is 1. The lowest BCUT2D eigenvalue weighted by Gasteiger charge is -2.12. The number of nitrogens with one attached hydrogen (secondary N) is 3. The van der Waals surface area contributed by atoms with E-state index in [1.165, 1.54) is 18.2 Å². The molecule has 0 radical (unpaired) electrons. The van der Waals surface area contributed by atoms with Crippen LogP contribution < -0.4 is 20.7 Å². The first-order valence-corrected chi connectivity index (χ1v) is 10.9. The van der Waals surface area contributed by atoms with E-state index in [2.05, 4.69) is 16.0 Å². The third kappa shape index (κ3) is 7.00. The molecule has 170 valence electrons. The number of carbonyl (C=O) groups is 2. The van der Waals surface area contributed by atoms with Gasteiger partial charge in [-0.3, -0.25) is 14.9 Å². The summed E-state index contributed by atoms with van der Waals surface area (Å²) in [4.78, 5) is 24.9. The van der Waals surface area contributed by atoms with Crippen molar-refractivity contribution < 1.29 is 18.7 Å². The van der Waals surface area contributed by atoms with Crippen molar-refractivity contribution in [2.45, 2.75) is 13.3 Å². The molecule has 3 aromatic rings. The van der Waals surface area contributed by atoms with Crippen molar-refractivity contribution in [2.75, 3.05) is 17.2 Å². The molecule has 0 atom stereocenters. The highest BCUT2D eigenvalue weighted by molar-refractivity contribution is 7.80. The molecule has 0 unspecified atom stereocenters. The summed E-state index contributed by atoms with van der Waals surface area (Å²) in [5.74, 6) is -0.678. The molecule has 2 amide bonds. The van der Waals surface area contributed by atoms with E-state index in [0.717, 1.165) is 6.42 Å². The van der Waals surface area contributed by atoms with Crippen LogP contribution in [0.3, 0.4) is 0 Å². The summed E-state index contributed by atoms with van der Waals surface area (Å²) in [5, 5.41) is 8.11. The number of hydrogen-bond donors (Lipinski definition) is 3. The van der Waals surface area contributed by atoms with E-state index in [0.29, 0.717) is 34.9 Å². The van der Waals surface area contributed by atoms with Crippen LogP contribution in [0.5, 0.6) is 5.75 Å². The first kappa shape index (κ1) is 24.2. The maximum atomic E-state index is 13.3. The molecule has 6 nitrogen and oxygen atoms in total. The number of amides is 2. The summed E-state index contributed by atoms with van der Waals surface area (Å²) in [5.41, 5.74) is 1.62. The highest BCUT2D eigenvalue weighted by atomic mass is 35.5. The fourth-order valence-corrected chi connectivity index (χ4v) is 3.17. The Hall–Kier alpha value is -3.49. The molecule has 0 aliphatic rings. The molecular weight excluding hydrogens is 465 g/mol. The van der Waals surface area contributed by atoms with Gasteiger partial charge in [0.15, 0.2) is 5.11 Å². The zero-order valence-corrected chi connectivity index (χ0v) is 19.2. The molecule has 9 heteroatoms. The molecule has 3 aromatic carbocycles. The summed E-state index contributed by atoms with van der Waals surface area (Å²) in [6, 6.07) is 17.2. The van der Waals surface area contributed by atoms with Crippen molar-refractivity contribution in [3.63, 3.8) is 0 Å². The molecular formula is C24H21ClFN3O3S. The number of carbonyl (C=O) groups excluding carboxylic acids is 2. The van der Waals surface area contributed by atoms with Gasteiger partial charge in [-0.25, -0.2) is 4.39 Å². The number of halogens is 2. The maximum absolute atomic E-state index is 13.3. The second-order valence-corrected chi connectivity index (χ2v) is 7.76. The number of rotatable bonds is 7. The van der Waals surface area contributed by atoms with Crippen molar-refractivity contribution in [3.8, 4) is 5.75 Å². The predicted molar refractivity (Wildman–Crippen MR) is 132 cm³/mol. The van der Waals surface area contributed by atoms with Gasteiger partial charge in [0, 0.05) is 22.5 Å². The molecule has 3 N–H and O–H groups in total. The standard InChI is InChI=1S/C24H21ClFN3O3S/c1-2-12-32-19-9-6-15(7-10-19)22(30)29-24(33)28-17-5-3-4-16(13-17)23(31)27-18-8-11-21(26)20(25)14-18/h3-11,13-14H,2,12H2,1H3,(H,27,31)(H2,28,29,30,33). The van der Waals surface area contributed by atoms with Crippen LogP contribution in [-0.4, -0.2) is 23.5 Å². The summed E-state index contributed by atoms with van der Waals surface area (Å²) in [6.07, 6.45) is 0.894. The zero-order chi connectivity index (χ0) is 23.8. The van der Waals surface area contributed by atoms with Crippen LogP contribution in [0.4, 0.5) is 15.8 Å². The monoisotopic (exact) mass is 485 g/mol. The highest BCUT2D eigenvalue weighted by Gasteiger charge is 2.11. The average molecular weight is 486 g/mol. The minimum absolute atomic E-state index is 0.0779. The summed E-state index contributed by atoms with van der Waals surface area (Å²) in [7, 11) is 0. The smallest absolute Gasteiger partial charge is 0.257 e. The van der Waals surface area contributed by atoms with Crippen LogP contribution in [0.1, 0.15) is 34.1 Å². The molecule has 0 aromatic heterocycles. The summed E-state index contributed by atoms with van der Waals surface area (Å²) in [6.45, 7) is 2.62. The van der Waals surface area contributed by atoms with Crippen LogP contribution in [-0.2, 0) is 0 Å². The third-order valence-electron chi connectivity index (χ3n) is 4.38. The normalized spacial score (nSPS) is 10.3. The van der Waals surface area contributed by atoms with Crippen LogP contribution in [0, 0.1) is 5.82 Å². The fraction of sp³-hybridized carbons (Fsp3) is 0.125. The third-order valence-corrected chi connectivity index (χ3v) is 4.87. The van der Waals surface area contributed by atoms with Gasteiger partial charge in [0.2, 0.25) is 0 Å². The van der Waals surface area contributed by atoms with Crippen molar-refractivity contribution in [1.82, 2.24) is 5.32 Å². The van der Waals surface area contributed by atoms with Gasteiger partial charge >= 0.3 is 0 Å². The molecule has 0 bridgehead atoms. The van der Waals surface area contributed by atoms with Gasteiger partial charge in [-0.2, -0.15) is 0 Å². The Morgan fingerprint density at radius 3 is 2.36 bits per heavy atom. The number of thiocarbonyl (C=S) groups is 1. The Morgan fingerprint density at radius 1 is 0.939 bits per heavy atom. The maximum Gasteiger partial charge on any atom is 0.257 e. The summed E-state index contributed by atoms with van der Waals surface area (Å²) < 4.78 is 18.8. The Morgan fingerprint density at radius 2 is 1.67 bits per heavy atom. The number of anilines is 2. The molecule has 0 spiro atoms. The highest BCUT2D eigenvalue weighted by Crippen LogP contribution is 2.20. The molecule has 0 fully saturated rings. The topological polar surface area (TPSA) is 79.5 Å². The van der Waals surface area contributed by atoms with Crippen molar-refractivity contribution in [2.24, 2.45) is 0 Å². The minimum atomic E-state index is -0.572. The van der Waals surface area contributed by atoms with E-state index < -0.39 is 11.7 Å². The lowest BCUT2D eigenvalue weighted by Crippen LogP contribution is -2.34. The quantitative estimate of drug-likeness (QED) is 0.377. The molecule has 0 aliphatic carbocycles. The van der Waals surface area contributed by atoms with Crippen LogP contribution in [0.2, 0.25) is 5.02 Å². The molecule has 0 saturated heterocycles. The molecule has 0 aliphatic heterocycles. The SMILES string of the molecule is CCCOc1ccc(C(=O)NC(=S)Nc2cccc(C(=O)Nc3ccc(F)c(Cl)c3)c2)cc1. The second-order valence-electron chi connectivity index (χ2n) is 6.94. The lowest BCUT2D eigenvalue weighted by molar-refractivity contribution is 0.0976. The number of hydrogen-bond acceptors (Lipinski definition) is 4. The molecule has 3 rings (SSSR count). The van der Waals surface area contributed by atoms with Crippen LogP contribution in [0.25, 0.3) is 0 Å². The zero-order valence-electron chi connectivity index (χ0n) is 17.7. The first-order valence-electron chi connectivity index (χ1n) is 10.1. The van der Waals surface area contributed by atoms with Gasteiger partial charge in [-0.05, 0) is 79.3 Å². The molecule has 0 saturated carbocycles. The van der Waals surface area contributed by atoms with Gasteiger partial charge < -0.3 is 15.4 Å². The fourth-order valence-electron chi connectivity index (χ4n) is 2.78. The first-order chi connectivity index (χ1) is 15.9. The van der Waals surface area contributed by atoms with Gasteiger partial charge in [-0.15, -0.1) is 0 Å². The largest absolute Gasteiger partial charge is 0.494 e. The average Bonchev–Trinajstić information content (AvgIpc) is 2.80. The molecule has 0 heterocycles. The van der Waals surface area contributed by atoms with Crippen molar-refractivity contribution in [3.05, 3.63) is 88.7 Å². The minimum Gasteiger partial charge on any atom is -0.494 e. The Labute approximate surface area is 201 Å².